The Morgan fingerprint density at radius 2 is 2.21 bits per heavy atom. The number of aromatic nitrogens is 2. The first-order valence-electron chi connectivity index (χ1n) is 4.89. The van der Waals surface area contributed by atoms with E-state index in [2.05, 4.69) is 21.0 Å². The van der Waals surface area contributed by atoms with Gasteiger partial charge in [0.15, 0.2) is 0 Å². The van der Waals surface area contributed by atoms with E-state index < -0.39 is 23.7 Å². The molecule has 1 aromatic heterocycles. The number of alkyl halides is 2. The van der Waals surface area contributed by atoms with Crippen LogP contribution < -0.4 is 29.6 Å². The standard InChI is InChI=1S/C9H9BrF2N2O3.Na.H2O/c10-7-5(9(15)16)6(8(11)12)14(13-7)4-1-2-17-3-4;;/h4,8H,1-3H2,(H,15,16);;1H2/q;+1;/p-1/t4-;;/m0../s1. The van der Waals surface area contributed by atoms with Crippen LogP contribution in [-0.4, -0.2) is 39.5 Å². The van der Waals surface area contributed by atoms with Gasteiger partial charge >= 0.3 is 35.5 Å². The van der Waals surface area contributed by atoms with E-state index in [1.807, 2.05) is 0 Å². The molecule has 1 fully saturated rings. The van der Waals surface area contributed by atoms with Crippen LogP contribution in [0.25, 0.3) is 0 Å². The number of rotatable bonds is 3. The number of halogens is 3. The minimum Gasteiger partial charge on any atom is -0.870 e. The number of ether oxygens (including phenoxy) is 1. The quantitative estimate of drug-likeness (QED) is 0.711. The van der Waals surface area contributed by atoms with Crippen molar-refractivity contribution in [3.63, 3.8) is 0 Å². The molecule has 1 saturated heterocycles. The van der Waals surface area contributed by atoms with Crippen LogP contribution in [0.1, 0.15) is 34.9 Å². The van der Waals surface area contributed by atoms with Gasteiger partial charge in [-0.15, -0.1) is 0 Å². The van der Waals surface area contributed by atoms with Gasteiger partial charge in [0.2, 0.25) is 0 Å². The maximum Gasteiger partial charge on any atom is 1.00 e. The number of aromatic carboxylic acids is 1. The molecule has 0 bridgehead atoms. The van der Waals surface area contributed by atoms with E-state index in [0.717, 1.165) is 4.68 Å². The summed E-state index contributed by atoms with van der Waals surface area (Å²) in [6.07, 6.45) is -2.34. The predicted octanol–water partition coefficient (Wildman–Crippen LogP) is -0.930. The van der Waals surface area contributed by atoms with E-state index in [1.54, 1.807) is 0 Å². The van der Waals surface area contributed by atoms with Gasteiger partial charge < -0.3 is 15.3 Å². The molecular formula is C9H10BrF2N2NaO4. The number of carboxylic acids is 1. The zero-order valence-corrected chi connectivity index (χ0v) is 13.6. The largest absolute Gasteiger partial charge is 1.00 e. The van der Waals surface area contributed by atoms with Gasteiger partial charge in [-0.2, -0.15) is 5.10 Å². The molecule has 19 heavy (non-hydrogen) atoms. The first-order chi connectivity index (χ1) is 8.02. The van der Waals surface area contributed by atoms with Crippen molar-refractivity contribution in [2.75, 3.05) is 13.2 Å². The summed E-state index contributed by atoms with van der Waals surface area (Å²) in [4.78, 5) is 10.9. The Labute approximate surface area is 137 Å². The van der Waals surface area contributed by atoms with Crippen LogP contribution >= 0.6 is 15.9 Å². The Hall–Kier alpha value is -0.0600. The molecule has 1 aliphatic heterocycles. The number of carboxylic acid groups (broad SMARTS) is 1. The molecule has 0 radical (unpaired) electrons. The second-order valence-electron chi connectivity index (χ2n) is 3.62. The van der Waals surface area contributed by atoms with Crippen molar-refractivity contribution in [1.82, 2.24) is 9.78 Å². The van der Waals surface area contributed by atoms with Crippen molar-refractivity contribution in [2.24, 2.45) is 0 Å². The summed E-state index contributed by atoms with van der Waals surface area (Å²) in [6, 6.07) is -0.330. The molecule has 1 aliphatic rings. The Kier molecular flexibility index (Phi) is 7.63. The summed E-state index contributed by atoms with van der Waals surface area (Å²) >= 11 is 2.90. The fourth-order valence-electron chi connectivity index (χ4n) is 1.82. The third kappa shape index (κ3) is 3.73. The fourth-order valence-corrected chi connectivity index (χ4v) is 2.36. The van der Waals surface area contributed by atoms with Crippen molar-refractivity contribution in [1.29, 1.82) is 0 Å². The molecule has 1 atom stereocenters. The van der Waals surface area contributed by atoms with Crippen LogP contribution in [-0.2, 0) is 4.74 Å². The van der Waals surface area contributed by atoms with Gasteiger partial charge in [0.1, 0.15) is 15.9 Å². The van der Waals surface area contributed by atoms with E-state index in [0.29, 0.717) is 13.0 Å². The normalized spacial score (nSPS) is 18.0. The van der Waals surface area contributed by atoms with Gasteiger partial charge in [-0.25, -0.2) is 13.6 Å². The monoisotopic (exact) mass is 350 g/mol. The minimum atomic E-state index is -2.89. The third-order valence-electron chi connectivity index (χ3n) is 2.58. The van der Waals surface area contributed by atoms with Gasteiger partial charge in [0.25, 0.3) is 6.43 Å². The van der Waals surface area contributed by atoms with Gasteiger partial charge in [-0.1, -0.05) is 0 Å². The molecule has 2 heterocycles. The summed E-state index contributed by atoms with van der Waals surface area (Å²) in [6.45, 7) is 0.736. The first-order valence-corrected chi connectivity index (χ1v) is 5.68. The molecule has 10 heteroatoms. The van der Waals surface area contributed by atoms with Gasteiger partial charge in [0, 0.05) is 6.61 Å². The van der Waals surface area contributed by atoms with Crippen LogP contribution in [0.5, 0.6) is 0 Å². The molecule has 0 spiro atoms. The van der Waals surface area contributed by atoms with E-state index in [4.69, 9.17) is 9.84 Å². The Morgan fingerprint density at radius 3 is 2.63 bits per heavy atom. The fraction of sp³-hybridized carbons (Fsp3) is 0.556. The van der Waals surface area contributed by atoms with E-state index in [1.165, 1.54) is 0 Å². The Balaban J connectivity index is 0.00000162. The number of hydrogen-bond acceptors (Lipinski definition) is 4. The first kappa shape index (κ1) is 18.9. The number of carbonyl (C=O) groups is 1. The Morgan fingerprint density at radius 1 is 1.58 bits per heavy atom. The van der Waals surface area contributed by atoms with E-state index >= 15 is 0 Å². The molecule has 0 aromatic carbocycles. The maximum atomic E-state index is 12.9. The molecular weight excluding hydrogens is 341 g/mol. The molecule has 102 valence electrons. The molecule has 6 nitrogen and oxygen atoms in total. The average Bonchev–Trinajstić information content (AvgIpc) is 2.82. The maximum absolute atomic E-state index is 12.9. The van der Waals surface area contributed by atoms with E-state index in [-0.39, 0.29) is 52.3 Å². The summed E-state index contributed by atoms with van der Waals surface area (Å²) in [7, 11) is 0. The summed E-state index contributed by atoms with van der Waals surface area (Å²) in [5, 5.41) is 12.7. The van der Waals surface area contributed by atoms with Gasteiger partial charge in [-0.3, -0.25) is 4.68 Å². The van der Waals surface area contributed by atoms with Crippen LogP contribution in [0.15, 0.2) is 4.60 Å². The topological polar surface area (TPSA) is 94.3 Å². The molecule has 1 aromatic rings. The third-order valence-corrected chi connectivity index (χ3v) is 3.13. The zero-order valence-electron chi connectivity index (χ0n) is 10.0. The van der Waals surface area contributed by atoms with Gasteiger partial charge in [0.05, 0.1) is 12.6 Å². The summed E-state index contributed by atoms with van der Waals surface area (Å²) in [5.74, 6) is -1.42. The molecule has 2 N–H and O–H groups in total. The summed E-state index contributed by atoms with van der Waals surface area (Å²) < 4.78 is 31.9. The molecule has 2 rings (SSSR count). The van der Waals surface area contributed by atoms with Crippen LogP contribution in [0.2, 0.25) is 0 Å². The molecule has 0 aliphatic carbocycles. The van der Waals surface area contributed by atoms with Gasteiger partial charge in [-0.05, 0) is 22.4 Å². The van der Waals surface area contributed by atoms with Crippen LogP contribution in [0.3, 0.4) is 0 Å². The van der Waals surface area contributed by atoms with E-state index in [9.17, 15) is 13.6 Å². The van der Waals surface area contributed by atoms with Crippen molar-refractivity contribution >= 4 is 21.9 Å². The van der Waals surface area contributed by atoms with Crippen LogP contribution in [0, 0.1) is 0 Å². The van der Waals surface area contributed by atoms with Crippen molar-refractivity contribution in [2.45, 2.75) is 18.9 Å². The average molecular weight is 351 g/mol. The van der Waals surface area contributed by atoms with Crippen molar-refractivity contribution in [3.8, 4) is 0 Å². The summed E-state index contributed by atoms with van der Waals surface area (Å²) in [5.41, 5.74) is -1.05. The minimum absolute atomic E-state index is 0. The van der Waals surface area contributed by atoms with Crippen LogP contribution in [0.4, 0.5) is 8.78 Å². The SMILES string of the molecule is O=C(O)c1c(Br)nn([C@H]2CCOC2)c1C(F)F.[Na+].[OH-]. The van der Waals surface area contributed by atoms with Crippen molar-refractivity contribution in [3.05, 3.63) is 15.9 Å². The number of hydrogen-bond donors (Lipinski definition) is 1. The second kappa shape index (κ2) is 7.65. The molecule has 0 amide bonds. The molecule has 0 saturated carbocycles. The smallest absolute Gasteiger partial charge is 0.870 e. The van der Waals surface area contributed by atoms with Crippen molar-refractivity contribution < 1.29 is 58.5 Å². The Bertz CT molecular complexity index is 452. The number of nitrogens with zero attached hydrogens (tertiary/aromatic N) is 2. The molecule has 0 unspecified atom stereocenters. The predicted molar refractivity (Wildman–Crippen MR) is 58.3 cm³/mol. The zero-order chi connectivity index (χ0) is 12.6. The second-order valence-corrected chi connectivity index (χ2v) is 4.37.